The molecule has 0 radical (unpaired) electrons. The van der Waals surface area contributed by atoms with Crippen LogP contribution in [0.25, 0.3) is 11.6 Å². The third kappa shape index (κ3) is 2.62. The lowest BCUT2D eigenvalue weighted by molar-refractivity contribution is 0.911. The van der Waals surface area contributed by atoms with Crippen molar-refractivity contribution in [2.24, 2.45) is 0 Å². The summed E-state index contributed by atoms with van der Waals surface area (Å²) < 4.78 is 0. The summed E-state index contributed by atoms with van der Waals surface area (Å²) in [4.78, 5) is 5.13. The minimum atomic E-state index is 0.951. The van der Waals surface area contributed by atoms with Crippen LogP contribution in [-0.4, -0.2) is 4.98 Å². The highest BCUT2D eigenvalue weighted by atomic mass is 15.0. The summed E-state index contributed by atoms with van der Waals surface area (Å²) in [6.07, 6.45) is 17.7. The second kappa shape index (κ2) is 6.14. The fourth-order valence-electron chi connectivity index (χ4n) is 4.14. The van der Waals surface area contributed by atoms with E-state index in [4.69, 9.17) is 4.98 Å². The molecule has 2 bridgehead atoms. The first-order valence-electron chi connectivity index (χ1n) is 9.42. The highest BCUT2D eigenvalue weighted by Crippen LogP contribution is 2.40. The van der Waals surface area contributed by atoms with E-state index >= 15 is 0 Å². The number of anilines is 2. The molecular weight excluding hydrogens is 316 g/mol. The van der Waals surface area contributed by atoms with E-state index in [9.17, 15) is 0 Å². The number of aromatic nitrogens is 1. The van der Waals surface area contributed by atoms with Crippen molar-refractivity contribution in [2.45, 2.75) is 32.6 Å². The maximum Gasteiger partial charge on any atom is 0.134 e. The normalized spacial score (nSPS) is 17.0. The molecule has 1 aromatic heterocycles. The predicted octanol–water partition coefficient (Wildman–Crippen LogP) is 5.92. The lowest BCUT2D eigenvalue weighted by atomic mass is 9.97. The molecule has 0 saturated carbocycles. The number of pyridine rings is 1. The largest absolute Gasteiger partial charge is 0.340 e. The number of nitrogens with one attached hydrogen (secondary N) is 1. The molecule has 1 aromatic carbocycles. The van der Waals surface area contributed by atoms with Gasteiger partial charge in [-0.1, -0.05) is 54.2 Å². The lowest BCUT2D eigenvalue weighted by Crippen LogP contribution is -2.05. The van der Waals surface area contributed by atoms with Crippen LogP contribution in [0.2, 0.25) is 0 Å². The fourth-order valence-corrected chi connectivity index (χ4v) is 4.14. The molecule has 2 nitrogen and oxygen atoms in total. The minimum Gasteiger partial charge on any atom is -0.340 e. The topological polar surface area (TPSA) is 24.9 Å². The quantitative estimate of drug-likeness (QED) is 0.735. The van der Waals surface area contributed by atoms with Crippen molar-refractivity contribution in [3.8, 4) is 0 Å². The molecule has 3 aliphatic carbocycles. The maximum atomic E-state index is 5.13. The van der Waals surface area contributed by atoms with Gasteiger partial charge in [-0.2, -0.15) is 0 Å². The van der Waals surface area contributed by atoms with Crippen LogP contribution in [-0.2, 0) is 12.8 Å². The van der Waals surface area contributed by atoms with E-state index in [-0.39, 0.29) is 0 Å². The van der Waals surface area contributed by atoms with Crippen molar-refractivity contribution in [3.05, 3.63) is 88.2 Å². The summed E-state index contributed by atoms with van der Waals surface area (Å²) in [7, 11) is 0. The third-order valence-electron chi connectivity index (χ3n) is 5.50. The van der Waals surface area contributed by atoms with Crippen LogP contribution in [0.5, 0.6) is 0 Å². The molecule has 0 atom stereocenters. The Morgan fingerprint density at radius 2 is 1.73 bits per heavy atom. The molecule has 128 valence electrons. The van der Waals surface area contributed by atoms with Crippen molar-refractivity contribution >= 4 is 23.2 Å². The Morgan fingerprint density at radius 1 is 0.923 bits per heavy atom. The van der Waals surface area contributed by atoms with Crippen molar-refractivity contribution < 1.29 is 0 Å². The standard InChI is InChI=1S/C24H22N2/c1-16-9-12-19(13-10-16)25-24-22-8-4-7-20(22)21-14-11-17-5-2-3-6-18(15-17)23(21)26-24/h2-3,5-6,9-14H,4,7-8,15H2,1H3,(H,25,26). The lowest BCUT2D eigenvalue weighted by Gasteiger charge is -2.17. The van der Waals surface area contributed by atoms with Crippen LogP contribution in [0.4, 0.5) is 11.5 Å². The minimum absolute atomic E-state index is 0.951. The smallest absolute Gasteiger partial charge is 0.134 e. The number of hydrogen-bond acceptors (Lipinski definition) is 2. The predicted molar refractivity (Wildman–Crippen MR) is 110 cm³/mol. The Bertz CT molecular complexity index is 1000. The molecule has 26 heavy (non-hydrogen) atoms. The van der Waals surface area contributed by atoms with Crippen LogP contribution in [0.15, 0.2) is 60.2 Å². The van der Waals surface area contributed by atoms with Crippen LogP contribution in [0.1, 0.15) is 40.8 Å². The molecule has 0 aliphatic heterocycles. The van der Waals surface area contributed by atoms with Gasteiger partial charge in [-0.25, -0.2) is 4.98 Å². The van der Waals surface area contributed by atoms with Gasteiger partial charge in [0.25, 0.3) is 0 Å². The van der Waals surface area contributed by atoms with Crippen molar-refractivity contribution in [1.82, 2.24) is 4.98 Å². The van der Waals surface area contributed by atoms with E-state index in [1.54, 1.807) is 0 Å². The molecule has 2 aromatic rings. The summed E-state index contributed by atoms with van der Waals surface area (Å²) in [5.41, 5.74) is 10.4. The van der Waals surface area contributed by atoms with Crippen LogP contribution >= 0.6 is 0 Å². The maximum absolute atomic E-state index is 5.13. The average molecular weight is 338 g/mol. The summed E-state index contributed by atoms with van der Waals surface area (Å²) in [5.74, 6) is 1.04. The first-order chi connectivity index (χ1) is 12.8. The van der Waals surface area contributed by atoms with Gasteiger partial charge >= 0.3 is 0 Å². The van der Waals surface area contributed by atoms with Crippen molar-refractivity contribution in [1.29, 1.82) is 0 Å². The number of allylic oxidation sites excluding steroid dienone is 7. The van der Waals surface area contributed by atoms with E-state index in [2.05, 4.69) is 73.0 Å². The fraction of sp³-hybridized carbons (Fsp3) is 0.208. The molecular formula is C24H22N2. The van der Waals surface area contributed by atoms with Crippen molar-refractivity contribution in [3.63, 3.8) is 0 Å². The van der Waals surface area contributed by atoms with E-state index in [0.717, 1.165) is 36.5 Å². The zero-order valence-corrected chi connectivity index (χ0v) is 15.0. The van der Waals surface area contributed by atoms with Gasteiger partial charge in [0.1, 0.15) is 5.82 Å². The molecule has 5 rings (SSSR count). The highest BCUT2D eigenvalue weighted by Gasteiger charge is 2.25. The van der Waals surface area contributed by atoms with E-state index in [0.29, 0.717) is 0 Å². The number of benzene rings is 1. The van der Waals surface area contributed by atoms with Gasteiger partial charge in [0, 0.05) is 11.3 Å². The number of hydrogen-bond donors (Lipinski definition) is 1. The van der Waals surface area contributed by atoms with Gasteiger partial charge in [0.2, 0.25) is 0 Å². The molecule has 0 saturated heterocycles. The van der Waals surface area contributed by atoms with Gasteiger partial charge in [0.05, 0.1) is 5.69 Å². The van der Waals surface area contributed by atoms with Gasteiger partial charge in [-0.05, 0) is 67.0 Å². The highest BCUT2D eigenvalue weighted by molar-refractivity contribution is 5.83. The Labute approximate surface area is 154 Å². The number of rotatable bonds is 2. The number of aryl methyl sites for hydroxylation is 1. The van der Waals surface area contributed by atoms with Crippen LogP contribution in [0.3, 0.4) is 0 Å². The molecule has 2 heteroatoms. The monoisotopic (exact) mass is 338 g/mol. The molecule has 0 unspecified atom stereocenters. The number of nitrogens with zero attached hydrogens (tertiary/aromatic N) is 1. The summed E-state index contributed by atoms with van der Waals surface area (Å²) in [6.45, 7) is 2.12. The van der Waals surface area contributed by atoms with Crippen LogP contribution in [0, 0.1) is 6.92 Å². The Hall–Kier alpha value is -2.87. The van der Waals surface area contributed by atoms with Gasteiger partial charge in [-0.3, -0.25) is 0 Å². The summed E-state index contributed by atoms with van der Waals surface area (Å²) >= 11 is 0. The van der Waals surface area contributed by atoms with Gasteiger partial charge in [0.15, 0.2) is 0 Å². The Balaban J connectivity index is 1.66. The van der Waals surface area contributed by atoms with E-state index in [1.807, 2.05) is 0 Å². The van der Waals surface area contributed by atoms with E-state index < -0.39 is 0 Å². The number of fused-ring (bicyclic) bond motifs is 6. The second-order valence-corrected chi connectivity index (χ2v) is 7.35. The second-order valence-electron chi connectivity index (χ2n) is 7.35. The zero-order valence-electron chi connectivity index (χ0n) is 15.0. The first kappa shape index (κ1) is 15.4. The third-order valence-corrected chi connectivity index (χ3v) is 5.50. The summed E-state index contributed by atoms with van der Waals surface area (Å²) in [5, 5.41) is 3.60. The molecule has 1 heterocycles. The summed E-state index contributed by atoms with van der Waals surface area (Å²) in [6, 6.07) is 8.56. The SMILES string of the molecule is Cc1ccc(Nc2nc3c(c4c2CCC4)C=CC2=CC=CC=C3C2)cc1. The van der Waals surface area contributed by atoms with Gasteiger partial charge < -0.3 is 5.32 Å². The molecule has 3 aliphatic rings. The van der Waals surface area contributed by atoms with Gasteiger partial charge in [-0.15, -0.1) is 0 Å². The average Bonchev–Trinajstić information content (AvgIpc) is 2.94. The van der Waals surface area contributed by atoms with Crippen molar-refractivity contribution in [2.75, 3.05) is 5.32 Å². The molecule has 0 amide bonds. The molecule has 1 N–H and O–H groups in total. The first-order valence-corrected chi connectivity index (χ1v) is 9.42. The molecule has 0 fully saturated rings. The van der Waals surface area contributed by atoms with E-state index in [1.165, 1.54) is 39.8 Å². The Kier molecular flexibility index (Phi) is 3.63. The van der Waals surface area contributed by atoms with Crippen LogP contribution < -0.4 is 5.32 Å². The zero-order chi connectivity index (χ0) is 17.5. The molecule has 0 spiro atoms. The Morgan fingerprint density at radius 3 is 2.62 bits per heavy atom.